The van der Waals surface area contributed by atoms with Crippen LogP contribution in [0.4, 0.5) is 0 Å². The Morgan fingerprint density at radius 1 is 1.60 bits per heavy atom. The highest BCUT2D eigenvalue weighted by atomic mass is 32.1. The lowest BCUT2D eigenvalue weighted by Gasteiger charge is -1.98. The zero-order valence-corrected chi connectivity index (χ0v) is 8.52. The number of hydrogen-bond donors (Lipinski definition) is 1. The Morgan fingerprint density at radius 2 is 2.47 bits per heavy atom. The van der Waals surface area contributed by atoms with Crippen molar-refractivity contribution in [1.82, 2.24) is 20.2 Å². The average molecular weight is 224 g/mol. The van der Waals surface area contributed by atoms with E-state index in [0.29, 0.717) is 12.2 Å². The fourth-order valence-electron chi connectivity index (χ4n) is 1.14. The number of aliphatic carboxylic acids is 1. The van der Waals surface area contributed by atoms with Gasteiger partial charge in [-0.1, -0.05) is 0 Å². The first-order valence-corrected chi connectivity index (χ1v) is 5.18. The molecule has 2 rings (SSSR count). The van der Waals surface area contributed by atoms with Crippen LogP contribution in [0.25, 0.3) is 5.00 Å². The van der Waals surface area contributed by atoms with Gasteiger partial charge in [0.05, 0.1) is 6.42 Å². The van der Waals surface area contributed by atoms with Crippen molar-refractivity contribution in [3.05, 3.63) is 23.3 Å². The number of hydrogen-bond acceptors (Lipinski definition) is 5. The molecule has 2 heterocycles. The van der Waals surface area contributed by atoms with E-state index in [2.05, 4.69) is 15.5 Å². The second-order valence-corrected chi connectivity index (χ2v) is 3.78. The molecule has 0 radical (unpaired) electrons. The van der Waals surface area contributed by atoms with Gasteiger partial charge in [0.1, 0.15) is 5.00 Å². The number of tetrazole rings is 1. The molecule has 0 amide bonds. The molecule has 0 fully saturated rings. The summed E-state index contributed by atoms with van der Waals surface area (Å²) in [4.78, 5) is 10.4. The molecule has 2 aromatic heterocycles. The average Bonchev–Trinajstić information content (AvgIpc) is 2.85. The van der Waals surface area contributed by atoms with Crippen molar-refractivity contribution in [3.63, 3.8) is 0 Å². The molecule has 1 N–H and O–H groups in total. The monoisotopic (exact) mass is 224 g/mol. The van der Waals surface area contributed by atoms with Gasteiger partial charge in [0.15, 0.2) is 5.82 Å². The number of rotatable bonds is 4. The number of nitrogens with zero attached hydrogens (tertiary/aromatic N) is 4. The van der Waals surface area contributed by atoms with Gasteiger partial charge in [0.25, 0.3) is 0 Å². The molecule has 0 saturated heterocycles. The lowest BCUT2D eigenvalue weighted by molar-refractivity contribution is -0.137. The van der Waals surface area contributed by atoms with Gasteiger partial charge in [0.2, 0.25) is 0 Å². The highest BCUT2D eigenvalue weighted by molar-refractivity contribution is 7.12. The maximum Gasteiger partial charge on any atom is 0.303 e. The fourth-order valence-corrected chi connectivity index (χ4v) is 1.84. The van der Waals surface area contributed by atoms with E-state index in [1.807, 2.05) is 17.5 Å². The Morgan fingerprint density at radius 3 is 3.13 bits per heavy atom. The third-order valence-electron chi connectivity index (χ3n) is 1.81. The van der Waals surface area contributed by atoms with Gasteiger partial charge in [-0.25, -0.2) is 0 Å². The molecular weight excluding hydrogens is 216 g/mol. The smallest absolute Gasteiger partial charge is 0.303 e. The molecule has 0 aliphatic carbocycles. The van der Waals surface area contributed by atoms with Crippen LogP contribution in [0.5, 0.6) is 0 Å². The molecule has 2 aromatic rings. The number of thiophene rings is 1. The highest BCUT2D eigenvalue weighted by Crippen LogP contribution is 2.15. The van der Waals surface area contributed by atoms with E-state index >= 15 is 0 Å². The van der Waals surface area contributed by atoms with E-state index in [1.165, 1.54) is 11.3 Å². The van der Waals surface area contributed by atoms with Crippen molar-refractivity contribution in [1.29, 1.82) is 0 Å². The molecule has 78 valence electrons. The van der Waals surface area contributed by atoms with Crippen molar-refractivity contribution >= 4 is 17.3 Å². The number of carboxylic acid groups (broad SMARTS) is 1. The molecule has 0 atom stereocenters. The SMILES string of the molecule is O=C(O)CCc1nnnn1-c1cccs1. The van der Waals surface area contributed by atoms with E-state index < -0.39 is 5.97 Å². The van der Waals surface area contributed by atoms with Crippen LogP contribution < -0.4 is 0 Å². The Kier molecular flexibility index (Phi) is 2.72. The van der Waals surface area contributed by atoms with E-state index in [0.717, 1.165) is 5.00 Å². The molecule has 0 bridgehead atoms. The molecule has 0 aliphatic rings. The Hall–Kier alpha value is -1.76. The van der Waals surface area contributed by atoms with Gasteiger partial charge >= 0.3 is 5.97 Å². The lowest BCUT2D eigenvalue weighted by atomic mass is 10.3. The van der Waals surface area contributed by atoms with Gasteiger partial charge in [-0.15, -0.1) is 16.4 Å². The topological polar surface area (TPSA) is 80.9 Å². The summed E-state index contributed by atoms with van der Waals surface area (Å²) in [7, 11) is 0. The maximum absolute atomic E-state index is 10.4. The van der Waals surface area contributed by atoms with Gasteiger partial charge < -0.3 is 5.11 Å². The molecule has 0 saturated carbocycles. The molecule has 7 heteroatoms. The molecule has 0 spiro atoms. The van der Waals surface area contributed by atoms with Crippen molar-refractivity contribution < 1.29 is 9.90 Å². The van der Waals surface area contributed by atoms with Crippen LogP contribution >= 0.6 is 11.3 Å². The predicted molar refractivity (Wildman–Crippen MR) is 53.0 cm³/mol. The second-order valence-electron chi connectivity index (χ2n) is 2.85. The Bertz CT molecular complexity index is 451. The molecule has 6 nitrogen and oxygen atoms in total. The van der Waals surface area contributed by atoms with Crippen LogP contribution in [0.3, 0.4) is 0 Å². The van der Waals surface area contributed by atoms with E-state index in [-0.39, 0.29) is 6.42 Å². The first kappa shape index (κ1) is 9.78. The highest BCUT2D eigenvalue weighted by Gasteiger charge is 2.10. The van der Waals surface area contributed by atoms with Crippen LogP contribution in [-0.4, -0.2) is 31.3 Å². The number of carbonyl (C=O) groups is 1. The quantitative estimate of drug-likeness (QED) is 0.828. The zero-order valence-electron chi connectivity index (χ0n) is 7.70. The van der Waals surface area contributed by atoms with Crippen molar-refractivity contribution in [2.24, 2.45) is 0 Å². The zero-order chi connectivity index (χ0) is 10.7. The number of aromatic nitrogens is 4. The van der Waals surface area contributed by atoms with Gasteiger partial charge in [0, 0.05) is 6.42 Å². The molecular formula is C8H8N4O2S. The second kappa shape index (κ2) is 4.18. The summed E-state index contributed by atoms with van der Waals surface area (Å²) in [6.07, 6.45) is 0.367. The van der Waals surface area contributed by atoms with Crippen molar-refractivity contribution in [2.75, 3.05) is 0 Å². The normalized spacial score (nSPS) is 10.4. The minimum atomic E-state index is -0.851. The fraction of sp³-hybridized carbons (Fsp3) is 0.250. The first-order valence-electron chi connectivity index (χ1n) is 4.30. The molecule has 15 heavy (non-hydrogen) atoms. The summed E-state index contributed by atoms with van der Waals surface area (Å²) in [6, 6.07) is 3.77. The third-order valence-corrected chi connectivity index (χ3v) is 2.66. The van der Waals surface area contributed by atoms with Crippen LogP contribution in [-0.2, 0) is 11.2 Å². The van der Waals surface area contributed by atoms with Gasteiger partial charge in [-0.3, -0.25) is 4.79 Å². The van der Waals surface area contributed by atoms with Crippen LogP contribution in [0.1, 0.15) is 12.2 Å². The molecule has 0 aliphatic heterocycles. The summed E-state index contributed by atoms with van der Waals surface area (Å²) >= 11 is 1.50. The minimum absolute atomic E-state index is 0.0335. The summed E-state index contributed by atoms with van der Waals surface area (Å²) in [6.45, 7) is 0. The Labute approximate surface area is 89.2 Å². The van der Waals surface area contributed by atoms with Gasteiger partial charge in [-0.05, 0) is 27.9 Å². The standard InChI is InChI=1S/C8H8N4O2S/c13-8(14)4-3-6-9-10-11-12(6)7-2-1-5-15-7/h1-2,5H,3-4H2,(H,13,14). The van der Waals surface area contributed by atoms with Crippen LogP contribution in [0, 0.1) is 0 Å². The third kappa shape index (κ3) is 2.18. The van der Waals surface area contributed by atoms with Crippen molar-refractivity contribution in [3.8, 4) is 5.00 Å². The Balaban J connectivity index is 2.19. The van der Waals surface area contributed by atoms with Crippen molar-refractivity contribution in [2.45, 2.75) is 12.8 Å². The lowest BCUT2D eigenvalue weighted by Crippen LogP contribution is -2.05. The largest absolute Gasteiger partial charge is 0.481 e. The van der Waals surface area contributed by atoms with E-state index in [4.69, 9.17) is 5.11 Å². The summed E-state index contributed by atoms with van der Waals surface area (Å²) in [5.41, 5.74) is 0. The predicted octanol–water partition coefficient (Wildman–Crippen LogP) is 0.741. The molecule has 0 aromatic carbocycles. The summed E-state index contributed by atoms with van der Waals surface area (Å²) in [5, 5.41) is 22.5. The summed E-state index contributed by atoms with van der Waals surface area (Å²) in [5.74, 6) is -0.282. The first-order chi connectivity index (χ1) is 7.27. The number of carboxylic acids is 1. The van der Waals surface area contributed by atoms with Crippen LogP contribution in [0.15, 0.2) is 17.5 Å². The maximum atomic E-state index is 10.4. The van der Waals surface area contributed by atoms with Gasteiger partial charge in [-0.2, -0.15) is 4.68 Å². The van der Waals surface area contributed by atoms with E-state index in [1.54, 1.807) is 4.68 Å². The van der Waals surface area contributed by atoms with E-state index in [9.17, 15) is 4.79 Å². The number of aryl methyl sites for hydroxylation is 1. The van der Waals surface area contributed by atoms with Crippen LogP contribution in [0.2, 0.25) is 0 Å². The minimum Gasteiger partial charge on any atom is -0.481 e. The summed E-state index contributed by atoms with van der Waals surface area (Å²) < 4.78 is 1.56. The molecule has 0 unspecified atom stereocenters.